The van der Waals surface area contributed by atoms with E-state index in [1.807, 2.05) is 7.05 Å². The van der Waals surface area contributed by atoms with Crippen LogP contribution in [0.5, 0.6) is 0 Å². The Balaban J connectivity index is 1.63. The van der Waals surface area contributed by atoms with Gasteiger partial charge in [0, 0.05) is 11.3 Å². The fourth-order valence-electron chi connectivity index (χ4n) is 9.52. The van der Waals surface area contributed by atoms with Gasteiger partial charge in [-0.15, -0.1) is 0 Å². The van der Waals surface area contributed by atoms with E-state index in [1.54, 1.807) is 10.7 Å². The van der Waals surface area contributed by atoms with Gasteiger partial charge in [0.2, 0.25) is 13.1 Å². The van der Waals surface area contributed by atoms with Gasteiger partial charge in [0.05, 0.1) is 37.4 Å². The Labute approximate surface area is 257 Å². The average molecular weight is 575 g/mol. The summed E-state index contributed by atoms with van der Waals surface area (Å²) < 4.78 is 19.5. The van der Waals surface area contributed by atoms with Crippen LogP contribution in [0.2, 0.25) is 0 Å². The first-order valence-corrected chi connectivity index (χ1v) is 16.3. The van der Waals surface area contributed by atoms with E-state index in [0.717, 1.165) is 57.9 Å². The molecule has 0 aromatic rings. The summed E-state index contributed by atoms with van der Waals surface area (Å²) in [5.41, 5.74) is 0.0644. The van der Waals surface area contributed by atoms with Crippen LogP contribution in [0.3, 0.4) is 0 Å². The highest BCUT2D eigenvalue weighted by Crippen LogP contribution is 2.70. The molecular weight excluding hydrogens is 523 g/mol. The van der Waals surface area contributed by atoms with Crippen LogP contribution in [0.25, 0.3) is 9.69 Å². The van der Waals surface area contributed by atoms with Crippen molar-refractivity contribution in [3.63, 3.8) is 0 Å². The van der Waals surface area contributed by atoms with E-state index >= 15 is 0 Å². The number of nitriles is 1. The van der Waals surface area contributed by atoms with Gasteiger partial charge in [-0.05, 0) is 106 Å². The Kier molecular flexibility index (Phi) is 11.8. The van der Waals surface area contributed by atoms with Crippen molar-refractivity contribution in [1.82, 2.24) is 4.81 Å². The number of rotatable bonds is 14. The average Bonchev–Trinajstić information content (AvgIpc) is 3.32. The Bertz CT molecular complexity index is 1010. The second-order valence-electron chi connectivity index (χ2n) is 13.8. The SMILES string of the molecule is [B]N(C)CCCC(C)C1CCC2[C]3C(OCCC#N)C[C]4CC(OCC[N+]#[C-])CCC4(C)C3CC(OCC[N+]#[C-])C21C. The summed E-state index contributed by atoms with van der Waals surface area (Å²) in [5, 5.41) is 9.30. The molecule has 0 amide bonds. The smallest absolute Gasteiger partial charge is 0.237 e. The van der Waals surface area contributed by atoms with Crippen molar-refractivity contribution in [1.29, 1.82) is 5.26 Å². The van der Waals surface area contributed by atoms with Crippen LogP contribution in [0.1, 0.15) is 85.0 Å². The molecule has 4 aliphatic carbocycles. The van der Waals surface area contributed by atoms with E-state index in [-0.39, 0.29) is 29.1 Å². The molecular formula is C34H51BN4O3. The molecule has 4 radical (unpaired) electrons. The molecule has 4 rings (SSSR count). The van der Waals surface area contributed by atoms with Crippen molar-refractivity contribution in [3.05, 3.63) is 34.7 Å². The summed E-state index contributed by atoms with van der Waals surface area (Å²) in [4.78, 5) is 8.87. The lowest BCUT2D eigenvalue weighted by Crippen LogP contribution is -2.62. The molecule has 9 unspecified atom stereocenters. The Morgan fingerprint density at radius 3 is 2.48 bits per heavy atom. The van der Waals surface area contributed by atoms with Crippen molar-refractivity contribution in [2.45, 2.75) is 103 Å². The molecule has 4 aliphatic rings. The molecule has 0 N–H and O–H groups in total. The highest BCUT2D eigenvalue weighted by Gasteiger charge is 2.67. The third kappa shape index (κ3) is 6.86. The molecule has 0 aromatic heterocycles. The van der Waals surface area contributed by atoms with Crippen LogP contribution in [0.4, 0.5) is 0 Å². The third-order valence-electron chi connectivity index (χ3n) is 11.6. The van der Waals surface area contributed by atoms with E-state index in [4.69, 9.17) is 35.3 Å². The molecule has 0 aliphatic heterocycles. The quantitative estimate of drug-likeness (QED) is 0.142. The number of fused-ring (bicyclic) bond motifs is 5. The maximum absolute atomic E-state index is 9.30. The fourth-order valence-corrected chi connectivity index (χ4v) is 9.52. The van der Waals surface area contributed by atoms with Gasteiger partial charge >= 0.3 is 0 Å². The summed E-state index contributed by atoms with van der Waals surface area (Å²) in [6.45, 7) is 25.0. The Hall–Kier alpha value is -1.63. The molecule has 7 nitrogen and oxygen atoms in total. The molecule has 42 heavy (non-hydrogen) atoms. The minimum Gasteiger partial charge on any atom is -0.377 e. The van der Waals surface area contributed by atoms with Gasteiger partial charge < -0.3 is 28.7 Å². The summed E-state index contributed by atoms with van der Waals surface area (Å²) in [6, 6.07) is 2.28. The normalized spacial score (nSPS) is 37.2. The van der Waals surface area contributed by atoms with E-state index in [0.29, 0.717) is 63.0 Å². The number of nitrogens with zero attached hydrogens (tertiary/aromatic N) is 4. The van der Waals surface area contributed by atoms with Gasteiger partial charge in [-0.3, -0.25) is 0 Å². The topological polar surface area (TPSA) is 63.4 Å². The standard InChI is InChI=1S/C34H51BN4O3/c1-24(9-7-17-39(6)35)27-10-11-28-32-29(23-31(34(27,28)3)42-20-16-38-5)33(2)13-12-26(40-19-15-37-4)21-25(33)22-30(32)41-18-8-14-36/h24,26-31H,7-13,15-23H2,1-3,6H3. The summed E-state index contributed by atoms with van der Waals surface area (Å²) in [6.07, 6.45) is 10.2. The molecule has 0 spiro atoms. The fraction of sp³-hybridized carbons (Fsp3) is 0.853. The first-order chi connectivity index (χ1) is 20.2. The van der Waals surface area contributed by atoms with Crippen molar-refractivity contribution in [2.75, 3.05) is 46.5 Å². The minimum absolute atomic E-state index is 0.00727. The molecule has 0 bridgehead atoms. The van der Waals surface area contributed by atoms with Crippen LogP contribution in [0, 0.1) is 70.8 Å². The molecule has 8 heteroatoms. The van der Waals surface area contributed by atoms with E-state index in [2.05, 4.69) is 36.5 Å². The van der Waals surface area contributed by atoms with Gasteiger partial charge in [-0.1, -0.05) is 20.8 Å². The van der Waals surface area contributed by atoms with E-state index < -0.39 is 0 Å². The first kappa shape index (κ1) is 33.3. The zero-order valence-corrected chi connectivity index (χ0v) is 26.4. The zero-order valence-electron chi connectivity index (χ0n) is 26.4. The van der Waals surface area contributed by atoms with Crippen LogP contribution in [0.15, 0.2) is 0 Å². The number of hydrogen-bond acceptors (Lipinski definition) is 5. The van der Waals surface area contributed by atoms with Crippen LogP contribution >= 0.6 is 0 Å². The van der Waals surface area contributed by atoms with Crippen LogP contribution in [-0.4, -0.2) is 77.6 Å². The second kappa shape index (κ2) is 14.9. The number of hydrogen-bond donors (Lipinski definition) is 0. The lowest BCUT2D eigenvalue weighted by atomic mass is 9.43. The lowest BCUT2D eigenvalue weighted by Gasteiger charge is -2.64. The van der Waals surface area contributed by atoms with E-state index in [9.17, 15) is 5.26 Å². The van der Waals surface area contributed by atoms with Gasteiger partial charge in [0.15, 0.2) is 7.98 Å². The molecule has 0 heterocycles. The molecule has 0 saturated heterocycles. The van der Waals surface area contributed by atoms with Crippen molar-refractivity contribution >= 4 is 7.98 Å². The van der Waals surface area contributed by atoms with Crippen LogP contribution < -0.4 is 0 Å². The van der Waals surface area contributed by atoms with Gasteiger partial charge in [-0.2, -0.15) is 5.26 Å². The molecule has 9 atom stereocenters. The predicted molar refractivity (Wildman–Crippen MR) is 165 cm³/mol. The van der Waals surface area contributed by atoms with Gasteiger partial charge in [0.1, 0.15) is 13.2 Å². The van der Waals surface area contributed by atoms with Crippen molar-refractivity contribution in [2.24, 2.45) is 34.5 Å². The molecule has 4 fully saturated rings. The Morgan fingerprint density at radius 1 is 1.05 bits per heavy atom. The predicted octanol–water partition coefficient (Wildman–Crippen LogP) is 6.12. The lowest BCUT2D eigenvalue weighted by molar-refractivity contribution is -0.150. The van der Waals surface area contributed by atoms with Gasteiger partial charge in [0.25, 0.3) is 0 Å². The molecule has 0 aromatic carbocycles. The second-order valence-corrected chi connectivity index (χ2v) is 13.8. The Morgan fingerprint density at radius 2 is 1.79 bits per heavy atom. The maximum Gasteiger partial charge on any atom is 0.237 e. The highest BCUT2D eigenvalue weighted by molar-refractivity contribution is 6.04. The zero-order chi connectivity index (χ0) is 30.3. The monoisotopic (exact) mass is 574 g/mol. The van der Waals surface area contributed by atoms with E-state index in [1.165, 1.54) is 12.3 Å². The van der Waals surface area contributed by atoms with Crippen LogP contribution in [-0.2, 0) is 14.2 Å². The minimum atomic E-state index is -0.00727. The number of ether oxygens (including phenoxy) is 3. The highest BCUT2D eigenvalue weighted by atomic mass is 16.5. The maximum atomic E-state index is 9.30. The summed E-state index contributed by atoms with van der Waals surface area (Å²) >= 11 is 0. The third-order valence-corrected chi connectivity index (χ3v) is 11.6. The molecule has 228 valence electrons. The van der Waals surface area contributed by atoms with Gasteiger partial charge in [-0.25, -0.2) is 13.1 Å². The molecule has 4 saturated carbocycles. The van der Waals surface area contributed by atoms with Crippen molar-refractivity contribution in [3.8, 4) is 6.07 Å². The largest absolute Gasteiger partial charge is 0.377 e. The summed E-state index contributed by atoms with van der Waals surface area (Å²) in [5.74, 6) is 5.02. The summed E-state index contributed by atoms with van der Waals surface area (Å²) in [7, 11) is 7.86. The first-order valence-electron chi connectivity index (χ1n) is 16.3. The van der Waals surface area contributed by atoms with Crippen molar-refractivity contribution < 1.29 is 14.2 Å².